The summed E-state index contributed by atoms with van der Waals surface area (Å²) in [5.41, 5.74) is 7.05. The van der Waals surface area contributed by atoms with Crippen molar-refractivity contribution in [3.05, 3.63) is 35.6 Å². The van der Waals surface area contributed by atoms with Crippen molar-refractivity contribution in [1.82, 2.24) is 9.97 Å². The van der Waals surface area contributed by atoms with Crippen molar-refractivity contribution in [3.8, 4) is 0 Å². The van der Waals surface area contributed by atoms with Crippen LogP contribution in [-0.2, 0) is 0 Å². The molecule has 0 atom stereocenters. The molecule has 0 bridgehead atoms. The molecule has 4 heteroatoms. The molecule has 3 N–H and O–H groups in total. The van der Waals surface area contributed by atoms with E-state index in [4.69, 9.17) is 11.1 Å². The van der Waals surface area contributed by atoms with Gasteiger partial charge < -0.3 is 11.1 Å². The molecule has 1 aromatic rings. The predicted octanol–water partition coefficient (Wildman–Crippen LogP) is 1.02. The van der Waals surface area contributed by atoms with Crippen LogP contribution in [-0.4, -0.2) is 15.7 Å². The normalized spacial score (nSPS) is 11.4. The van der Waals surface area contributed by atoms with E-state index in [1.165, 1.54) is 0 Å². The maximum absolute atomic E-state index is 7.59. The second-order valence-electron chi connectivity index (χ2n) is 2.82. The van der Waals surface area contributed by atoms with Crippen LogP contribution >= 0.6 is 0 Å². The highest BCUT2D eigenvalue weighted by molar-refractivity contribution is 6.06. The Balaban J connectivity index is 2.90. The van der Waals surface area contributed by atoms with Gasteiger partial charge in [-0.25, -0.2) is 9.97 Å². The van der Waals surface area contributed by atoms with Gasteiger partial charge in [0.25, 0.3) is 0 Å². The van der Waals surface area contributed by atoms with Crippen LogP contribution in [0.4, 0.5) is 0 Å². The molecule has 0 aliphatic carbocycles. The third-order valence-corrected chi connectivity index (χ3v) is 1.46. The highest BCUT2D eigenvalue weighted by atomic mass is 14.8. The minimum absolute atomic E-state index is 0.333. The SMILES string of the molecule is C/C(N)=C\C(=N)c1cnc(C)nc1. The molecule has 1 heterocycles. The highest BCUT2D eigenvalue weighted by Crippen LogP contribution is 1.99. The number of nitrogens with two attached hydrogens (primary N) is 1. The van der Waals surface area contributed by atoms with Crippen LogP contribution in [0.2, 0.25) is 0 Å². The van der Waals surface area contributed by atoms with Crippen molar-refractivity contribution in [1.29, 1.82) is 5.41 Å². The Kier molecular flexibility index (Phi) is 2.74. The Hall–Kier alpha value is -1.71. The molecular formula is C9H12N4. The van der Waals surface area contributed by atoms with E-state index < -0.39 is 0 Å². The lowest BCUT2D eigenvalue weighted by Crippen LogP contribution is -2.02. The summed E-state index contributed by atoms with van der Waals surface area (Å²) < 4.78 is 0. The van der Waals surface area contributed by atoms with Gasteiger partial charge in [-0.2, -0.15) is 0 Å². The van der Waals surface area contributed by atoms with Crippen molar-refractivity contribution in [2.75, 3.05) is 0 Å². The summed E-state index contributed by atoms with van der Waals surface area (Å²) in [5, 5.41) is 7.59. The predicted molar refractivity (Wildman–Crippen MR) is 51.5 cm³/mol. The van der Waals surface area contributed by atoms with Gasteiger partial charge in [0.2, 0.25) is 0 Å². The van der Waals surface area contributed by atoms with Gasteiger partial charge in [-0.1, -0.05) is 0 Å². The van der Waals surface area contributed by atoms with Crippen LogP contribution in [0.5, 0.6) is 0 Å². The first kappa shape index (κ1) is 9.38. The zero-order chi connectivity index (χ0) is 9.84. The van der Waals surface area contributed by atoms with Gasteiger partial charge in [0, 0.05) is 23.7 Å². The molecule has 0 aliphatic heterocycles. The number of hydrogen-bond donors (Lipinski definition) is 2. The van der Waals surface area contributed by atoms with Crippen molar-refractivity contribution >= 4 is 5.71 Å². The molecule has 0 amide bonds. The largest absolute Gasteiger partial charge is 0.402 e. The third kappa shape index (κ3) is 2.66. The standard InChI is InChI=1S/C9H12N4/c1-6(10)3-9(11)8-4-12-7(2)13-5-8/h3-5,11H,10H2,1-2H3/b6-3+,11-9?. The van der Waals surface area contributed by atoms with Crippen LogP contribution < -0.4 is 5.73 Å². The molecule has 0 unspecified atom stereocenters. The van der Waals surface area contributed by atoms with Crippen molar-refractivity contribution in [2.45, 2.75) is 13.8 Å². The summed E-state index contributed by atoms with van der Waals surface area (Å²) >= 11 is 0. The molecule has 0 fully saturated rings. The van der Waals surface area contributed by atoms with Crippen LogP contribution in [0.1, 0.15) is 18.3 Å². The summed E-state index contributed by atoms with van der Waals surface area (Å²) in [6.45, 7) is 3.54. The van der Waals surface area contributed by atoms with E-state index in [2.05, 4.69) is 9.97 Å². The van der Waals surface area contributed by atoms with E-state index in [-0.39, 0.29) is 0 Å². The fourth-order valence-corrected chi connectivity index (χ4v) is 0.843. The smallest absolute Gasteiger partial charge is 0.125 e. The quantitative estimate of drug-likeness (QED) is 0.660. The summed E-state index contributed by atoms with van der Waals surface area (Å²) in [7, 11) is 0. The first-order valence-corrected chi connectivity index (χ1v) is 3.91. The monoisotopic (exact) mass is 176 g/mol. The Morgan fingerprint density at radius 2 is 2.00 bits per heavy atom. The van der Waals surface area contributed by atoms with Crippen LogP contribution in [0, 0.1) is 12.3 Å². The van der Waals surface area contributed by atoms with Crippen LogP contribution in [0.3, 0.4) is 0 Å². The van der Waals surface area contributed by atoms with Crippen molar-refractivity contribution < 1.29 is 0 Å². The number of allylic oxidation sites excluding steroid dienone is 2. The van der Waals surface area contributed by atoms with Crippen LogP contribution in [0.25, 0.3) is 0 Å². The number of aryl methyl sites for hydroxylation is 1. The molecule has 0 aromatic carbocycles. The molecule has 0 saturated heterocycles. The second-order valence-corrected chi connectivity index (χ2v) is 2.82. The molecule has 4 nitrogen and oxygen atoms in total. The van der Waals surface area contributed by atoms with E-state index in [1.54, 1.807) is 32.3 Å². The Morgan fingerprint density at radius 3 is 2.46 bits per heavy atom. The average molecular weight is 176 g/mol. The maximum Gasteiger partial charge on any atom is 0.125 e. The van der Waals surface area contributed by atoms with E-state index in [0.717, 1.165) is 0 Å². The molecule has 0 aliphatic rings. The molecular weight excluding hydrogens is 164 g/mol. The van der Waals surface area contributed by atoms with E-state index in [1.807, 2.05) is 0 Å². The summed E-state index contributed by atoms with van der Waals surface area (Å²) in [5.74, 6) is 0.699. The first-order chi connectivity index (χ1) is 6.09. The summed E-state index contributed by atoms with van der Waals surface area (Å²) in [6, 6.07) is 0. The number of rotatable bonds is 2. The van der Waals surface area contributed by atoms with Gasteiger partial charge in [0.15, 0.2) is 0 Å². The topological polar surface area (TPSA) is 75.7 Å². The van der Waals surface area contributed by atoms with Crippen molar-refractivity contribution in [3.63, 3.8) is 0 Å². The van der Waals surface area contributed by atoms with Gasteiger partial charge in [-0.15, -0.1) is 0 Å². The van der Waals surface area contributed by atoms with Crippen LogP contribution in [0.15, 0.2) is 24.2 Å². The van der Waals surface area contributed by atoms with E-state index in [0.29, 0.717) is 22.8 Å². The Labute approximate surface area is 77.0 Å². The zero-order valence-electron chi connectivity index (χ0n) is 7.70. The lowest BCUT2D eigenvalue weighted by atomic mass is 10.2. The molecule has 0 saturated carbocycles. The van der Waals surface area contributed by atoms with Crippen molar-refractivity contribution in [2.24, 2.45) is 5.73 Å². The van der Waals surface area contributed by atoms with Gasteiger partial charge >= 0.3 is 0 Å². The molecule has 1 aromatic heterocycles. The molecule has 68 valence electrons. The molecule has 0 radical (unpaired) electrons. The lowest BCUT2D eigenvalue weighted by molar-refractivity contribution is 1.05. The number of nitrogens with zero attached hydrogens (tertiary/aromatic N) is 2. The molecule has 1 rings (SSSR count). The first-order valence-electron chi connectivity index (χ1n) is 3.91. The lowest BCUT2D eigenvalue weighted by Gasteiger charge is -1.98. The average Bonchev–Trinajstić information content (AvgIpc) is 2.04. The van der Waals surface area contributed by atoms with Gasteiger partial charge in [0.1, 0.15) is 5.82 Å². The minimum atomic E-state index is 0.333. The summed E-state index contributed by atoms with van der Waals surface area (Å²) in [4.78, 5) is 7.97. The minimum Gasteiger partial charge on any atom is -0.402 e. The Morgan fingerprint density at radius 1 is 1.46 bits per heavy atom. The fourth-order valence-electron chi connectivity index (χ4n) is 0.843. The second kappa shape index (κ2) is 3.80. The number of hydrogen-bond acceptors (Lipinski definition) is 4. The zero-order valence-corrected chi connectivity index (χ0v) is 7.70. The Bertz CT molecular complexity index is 333. The maximum atomic E-state index is 7.59. The number of aromatic nitrogens is 2. The van der Waals surface area contributed by atoms with E-state index >= 15 is 0 Å². The fraction of sp³-hybridized carbons (Fsp3) is 0.222. The molecule has 13 heavy (non-hydrogen) atoms. The highest BCUT2D eigenvalue weighted by Gasteiger charge is 1.98. The number of nitrogens with one attached hydrogen (secondary N) is 1. The van der Waals surface area contributed by atoms with Gasteiger partial charge in [-0.05, 0) is 19.9 Å². The van der Waals surface area contributed by atoms with Gasteiger partial charge in [0.05, 0.1) is 5.71 Å². The third-order valence-electron chi connectivity index (χ3n) is 1.46. The van der Waals surface area contributed by atoms with Gasteiger partial charge in [-0.3, -0.25) is 0 Å². The van der Waals surface area contributed by atoms with E-state index in [9.17, 15) is 0 Å². The summed E-state index contributed by atoms with van der Waals surface area (Å²) in [6.07, 6.45) is 4.81. The molecule has 0 spiro atoms.